The average molecular weight is 254 g/mol. The van der Waals surface area contributed by atoms with E-state index >= 15 is 0 Å². The Bertz CT molecular complexity index is 374. The molecule has 1 saturated heterocycles. The lowest BCUT2D eigenvalue weighted by Crippen LogP contribution is -2.47. The van der Waals surface area contributed by atoms with Crippen LogP contribution in [-0.4, -0.2) is 80.8 Å². The molecule has 0 spiro atoms. The molecule has 0 aliphatic carbocycles. The second-order valence-electron chi connectivity index (χ2n) is 4.49. The van der Waals surface area contributed by atoms with E-state index in [9.17, 15) is 4.79 Å². The van der Waals surface area contributed by atoms with E-state index in [-0.39, 0.29) is 24.4 Å². The summed E-state index contributed by atoms with van der Waals surface area (Å²) < 4.78 is 0. The summed E-state index contributed by atoms with van der Waals surface area (Å²) in [6, 6.07) is 0.138. The maximum Gasteiger partial charge on any atom is 0.295 e. The van der Waals surface area contributed by atoms with Gasteiger partial charge in [0.15, 0.2) is 0 Å². The van der Waals surface area contributed by atoms with Crippen molar-refractivity contribution in [2.24, 2.45) is 0 Å². The first-order valence-corrected chi connectivity index (χ1v) is 6.06. The number of hydrogen-bond donors (Lipinski definition) is 2. The lowest BCUT2D eigenvalue weighted by molar-refractivity contribution is 0.0528. The fraction of sp³-hybridized carbons (Fsp3) is 0.800. The third kappa shape index (κ3) is 2.82. The van der Waals surface area contributed by atoms with E-state index in [2.05, 4.69) is 32.6 Å². The Morgan fingerprint density at radius 3 is 2.83 bits per heavy atom. The van der Waals surface area contributed by atoms with Gasteiger partial charge in [-0.05, 0) is 38.2 Å². The smallest absolute Gasteiger partial charge is 0.295 e. The molecule has 8 heteroatoms. The molecule has 1 amide bonds. The summed E-state index contributed by atoms with van der Waals surface area (Å²) in [7, 11) is 2.06. The van der Waals surface area contributed by atoms with Crippen LogP contribution in [0.3, 0.4) is 0 Å². The van der Waals surface area contributed by atoms with Crippen LogP contribution < -0.4 is 0 Å². The standard InChI is InChI=1S/C10H18N6O2/c1-15-4-2-8(3-5-15)16(6-7-17)10(18)9-11-13-14-12-9/h8,17H,2-7H2,1H3,(H,11,12,13,14). The quantitative estimate of drug-likeness (QED) is 0.695. The van der Waals surface area contributed by atoms with Crippen molar-refractivity contribution in [3.8, 4) is 0 Å². The first kappa shape index (κ1) is 12.9. The Labute approximate surface area is 105 Å². The molecule has 1 fully saturated rings. The molecule has 100 valence electrons. The predicted molar refractivity (Wildman–Crippen MR) is 62.8 cm³/mol. The monoisotopic (exact) mass is 254 g/mol. The number of nitrogens with zero attached hydrogens (tertiary/aromatic N) is 5. The highest BCUT2D eigenvalue weighted by atomic mass is 16.3. The zero-order chi connectivity index (χ0) is 13.0. The summed E-state index contributed by atoms with van der Waals surface area (Å²) in [6.07, 6.45) is 1.81. The number of likely N-dealkylation sites (tertiary alicyclic amines) is 1. The van der Waals surface area contributed by atoms with Gasteiger partial charge in [0.1, 0.15) is 0 Å². The Hall–Kier alpha value is -1.54. The number of nitrogens with one attached hydrogen (secondary N) is 1. The van der Waals surface area contributed by atoms with Crippen LogP contribution in [0.5, 0.6) is 0 Å². The van der Waals surface area contributed by atoms with Gasteiger partial charge in [-0.25, -0.2) is 0 Å². The van der Waals surface area contributed by atoms with Crippen molar-refractivity contribution in [1.29, 1.82) is 0 Å². The minimum Gasteiger partial charge on any atom is -0.395 e. The van der Waals surface area contributed by atoms with Crippen LogP contribution in [0.4, 0.5) is 0 Å². The number of H-pyrrole nitrogens is 1. The van der Waals surface area contributed by atoms with Crippen molar-refractivity contribution in [3.05, 3.63) is 5.82 Å². The molecular weight excluding hydrogens is 236 g/mol. The molecule has 1 aromatic rings. The van der Waals surface area contributed by atoms with Crippen molar-refractivity contribution in [3.63, 3.8) is 0 Å². The fourth-order valence-corrected chi connectivity index (χ4v) is 2.25. The van der Waals surface area contributed by atoms with E-state index in [4.69, 9.17) is 5.11 Å². The summed E-state index contributed by atoms with van der Waals surface area (Å²) in [5, 5.41) is 22.2. The molecule has 8 nitrogen and oxygen atoms in total. The van der Waals surface area contributed by atoms with Crippen LogP contribution in [0.1, 0.15) is 23.5 Å². The third-order valence-electron chi connectivity index (χ3n) is 3.27. The zero-order valence-electron chi connectivity index (χ0n) is 10.4. The van der Waals surface area contributed by atoms with Crippen LogP contribution in [0, 0.1) is 0 Å². The van der Waals surface area contributed by atoms with Gasteiger partial charge in [-0.3, -0.25) is 4.79 Å². The molecule has 0 unspecified atom stereocenters. The van der Waals surface area contributed by atoms with Gasteiger partial charge < -0.3 is 14.9 Å². The van der Waals surface area contributed by atoms with Gasteiger partial charge >= 0.3 is 0 Å². The highest BCUT2D eigenvalue weighted by Crippen LogP contribution is 2.16. The number of rotatable bonds is 4. The lowest BCUT2D eigenvalue weighted by Gasteiger charge is -2.36. The minimum atomic E-state index is -0.271. The summed E-state index contributed by atoms with van der Waals surface area (Å²) in [5.74, 6) is -0.213. The molecule has 2 rings (SSSR count). The number of aliphatic hydroxyl groups is 1. The number of amides is 1. The number of piperidine rings is 1. The van der Waals surface area contributed by atoms with E-state index in [1.54, 1.807) is 4.90 Å². The predicted octanol–water partition coefficient (Wildman–Crippen LogP) is -1.27. The minimum absolute atomic E-state index is 0.0578. The van der Waals surface area contributed by atoms with Gasteiger partial charge in [-0.1, -0.05) is 0 Å². The Balaban J connectivity index is 2.05. The second kappa shape index (κ2) is 5.87. The maximum absolute atomic E-state index is 12.2. The SMILES string of the molecule is CN1CCC(N(CCO)C(=O)c2nn[nH]n2)CC1. The molecule has 1 aliphatic heterocycles. The first-order chi connectivity index (χ1) is 8.72. The molecule has 2 heterocycles. The normalized spacial score (nSPS) is 17.9. The van der Waals surface area contributed by atoms with E-state index < -0.39 is 0 Å². The molecule has 0 saturated carbocycles. The highest BCUT2D eigenvalue weighted by molar-refractivity contribution is 5.90. The molecular formula is C10H18N6O2. The molecule has 0 aromatic carbocycles. The van der Waals surface area contributed by atoms with Crippen LogP contribution in [0.2, 0.25) is 0 Å². The van der Waals surface area contributed by atoms with Gasteiger partial charge in [-0.2, -0.15) is 5.21 Å². The molecule has 0 atom stereocenters. The van der Waals surface area contributed by atoms with Crippen LogP contribution in [-0.2, 0) is 0 Å². The van der Waals surface area contributed by atoms with E-state index in [1.165, 1.54) is 0 Å². The van der Waals surface area contributed by atoms with Gasteiger partial charge in [0, 0.05) is 12.6 Å². The number of tetrazole rings is 1. The van der Waals surface area contributed by atoms with Crippen molar-refractivity contribution >= 4 is 5.91 Å². The Morgan fingerprint density at radius 1 is 1.56 bits per heavy atom. The van der Waals surface area contributed by atoms with Crippen molar-refractivity contribution in [2.75, 3.05) is 33.3 Å². The number of carbonyl (C=O) groups is 1. The number of hydrogen-bond acceptors (Lipinski definition) is 6. The molecule has 0 bridgehead atoms. The number of aromatic nitrogens is 4. The molecule has 1 aromatic heterocycles. The number of carbonyl (C=O) groups excluding carboxylic acids is 1. The van der Waals surface area contributed by atoms with Crippen LogP contribution in [0.25, 0.3) is 0 Å². The van der Waals surface area contributed by atoms with E-state index in [1.807, 2.05) is 0 Å². The Morgan fingerprint density at radius 2 is 2.28 bits per heavy atom. The van der Waals surface area contributed by atoms with Crippen molar-refractivity contribution in [2.45, 2.75) is 18.9 Å². The highest BCUT2D eigenvalue weighted by Gasteiger charge is 2.29. The average Bonchev–Trinajstić information content (AvgIpc) is 2.90. The van der Waals surface area contributed by atoms with Crippen molar-refractivity contribution in [1.82, 2.24) is 30.4 Å². The largest absolute Gasteiger partial charge is 0.395 e. The van der Waals surface area contributed by atoms with Gasteiger partial charge in [0.25, 0.3) is 11.7 Å². The first-order valence-electron chi connectivity index (χ1n) is 6.06. The van der Waals surface area contributed by atoms with Gasteiger partial charge in [-0.15, -0.1) is 10.2 Å². The zero-order valence-corrected chi connectivity index (χ0v) is 10.4. The lowest BCUT2D eigenvalue weighted by atomic mass is 10.0. The van der Waals surface area contributed by atoms with Crippen molar-refractivity contribution < 1.29 is 9.90 Å². The van der Waals surface area contributed by atoms with E-state index in [0.717, 1.165) is 25.9 Å². The summed E-state index contributed by atoms with van der Waals surface area (Å²) in [5.41, 5.74) is 0. The third-order valence-corrected chi connectivity index (χ3v) is 3.27. The van der Waals surface area contributed by atoms with Crippen LogP contribution in [0.15, 0.2) is 0 Å². The summed E-state index contributed by atoms with van der Waals surface area (Å²) in [4.78, 5) is 16.1. The number of aromatic amines is 1. The molecule has 18 heavy (non-hydrogen) atoms. The molecule has 2 N–H and O–H groups in total. The van der Waals surface area contributed by atoms with Gasteiger partial charge in [0.2, 0.25) is 0 Å². The van der Waals surface area contributed by atoms with E-state index in [0.29, 0.717) is 6.54 Å². The number of aliphatic hydroxyl groups excluding tert-OH is 1. The summed E-state index contributed by atoms with van der Waals surface area (Å²) in [6.45, 7) is 2.15. The maximum atomic E-state index is 12.2. The van der Waals surface area contributed by atoms with Crippen LogP contribution >= 0.6 is 0 Å². The Kier molecular flexibility index (Phi) is 4.21. The summed E-state index contributed by atoms with van der Waals surface area (Å²) >= 11 is 0. The van der Waals surface area contributed by atoms with Gasteiger partial charge in [0.05, 0.1) is 6.61 Å². The fourth-order valence-electron chi connectivity index (χ4n) is 2.25. The topological polar surface area (TPSA) is 98.2 Å². The molecule has 1 aliphatic rings. The molecule has 0 radical (unpaired) electrons. The second-order valence-corrected chi connectivity index (χ2v) is 4.49.